The molecule has 0 radical (unpaired) electrons. The van der Waals surface area contributed by atoms with Gasteiger partial charge >= 0.3 is 0 Å². The average Bonchev–Trinajstić information content (AvgIpc) is 3.24. The predicted octanol–water partition coefficient (Wildman–Crippen LogP) is 2.15. The second-order valence-electron chi connectivity index (χ2n) is 6.64. The molecule has 1 aromatic carbocycles. The number of aliphatic hydroxyl groups is 1. The summed E-state index contributed by atoms with van der Waals surface area (Å²) >= 11 is 5.55. The molecule has 10 heteroatoms. The highest BCUT2D eigenvalue weighted by Crippen LogP contribution is 2.35. The summed E-state index contributed by atoms with van der Waals surface area (Å²) in [4.78, 5) is 7.33. The molecule has 7 nitrogen and oxygen atoms in total. The Morgan fingerprint density at radius 3 is 2.85 bits per heavy atom. The first-order valence-corrected chi connectivity index (χ1v) is 10.0. The normalized spacial score (nSPS) is 16.8. The lowest BCUT2D eigenvalue weighted by molar-refractivity contribution is 0.170. The van der Waals surface area contributed by atoms with Crippen LogP contribution in [0.4, 0.5) is 9.52 Å². The summed E-state index contributed by atoms with van der Waals surface area (Å²) in [6.07, 6.45) is 3.11. The number of aromatic nitrogens is 3. The molecule has 0 bridgehead atoms. The topological polar surface area (TPSA) is 88.9 Å². The summed E-state index contributed by atoms with van der Waals surface area (Å²) in [6, 6.07) is 4.37. The molecule has 1 fully saturated rings. The highest BCUT2D eigenvalue weighted by molar-refractivity contribution is 7.80. The van der Waals surface area contributed by atoms with Crippen LogP contribution < -0.4 is 15.4 Å². The largest absolute Gasteiger partial charge is 0.482 e. The first kappa shape index (κ1) is 18.5. The third kappa shape index (κ3) is 3.49. The first-order chi connectivity index (χ1) is 13.0. The van der Waals surface area contributed by atoms with E-state index in [1.807, 2.05) is 0 Å². The van der Waals surface area contributed by atoms with Crippen molar-refractivity contribution in [2.24, 2.45) is 5.73 Å². The van der Waals surface area contributed by atoms with Crippen LogP contribution in [-0.4, -0.2) is 50.9 Å². The van der Waals surface area contributed by atoms with E-state index in [-0.39, 0.29) is 18.4 Å². The number of hydrogen-bond acceptors (Lipinski definition) is 8. The van der Waals surface area contributed by atoms with Crippen LogP contribution in [0, 0.1) is 5.82 Å². The van der Waals surface area contributed by atoms with E-state index in [2.05, 4.69) is 22.5 Å². The maximum absolute atomic E-state index is 13.6. The number of anilines is 1. The van der Waals surface area contributed by atoms with Gasteiger partial charge in [-0.1, -0.05) is 11.3 Å². The molecule has 0 amide bonds. The zero-order valence-corrected chi connectivity index (χ0v) is 16.2. The van der Waals surface area contributed by atoms with Crippen molar-refractivity contribution >= 4 is 34.1 Å². The highest BCUT2D eigenvalue weighted by atomic mass is 32.1. The van der Waals surface area contributed by atoms with Crippen LogP contribution >= 0.6 is 24.0 Å². The fourth-order valence-electron chi connectivity index (χ4n) is 3.19. The van der Waals surface area contributed by atoms with Crippen LogP contribution in [0.5, 0.6) is 5.75 Å². The van der Waals surface area contributed by atoms with Crippen molar-refractivity contribution in [3.63, 3.8) is 0 Å². The summed E-state index contributed by atoms with van der Waals surface area (Å²) in [5.41, 5.74) is 7.07. The maximum atomic E-state index is 13.6. The minimum atomic E-state index is -0.508. The van der Waals surface area contributed by atoms with Gasteiger partial charge in [0.05, 0.1) is 18.5 Å². The van der Waals surface area contributed by atoms with Gasteiger partial charge in [-0.2, -0.15) is 0 Å². The van der Waals surface area contributed by atoms with Crippen molar-refractivity contribution in [3.05, 3.63) is 30.2 Å². The molecular formula is C17H20FN5O2S2. The molecule has 0 saturated carbocycles. The monoisotopic (exact) mass is 409 g/mol. The Labute approximate surface area is 165 Å². The molecular weight excluding hydrogens is 389 g/mol. The Kier molecular flexibility index (Phi) is 4.97. The molecule has 0 atom stereocenters. The van der Waals surface area contributed by atoms with Crippen molar-refractivity contribution in [1.29, 1.82) is 0 Å². The number of piperidine rings is 1. The van der Waals surface area contributed by atoms with Gasteiger partial charge in [-0.05, 0) is 25.0 Å². The molecule has 1 saturated heterocycles. The minimum absolute atomic E-state index is 0.00926. The first-order valence-electron chi connectivity index (χ1n) is 8.56. The number of halogens is 1. The molecule has 3 N–H and O–H groups in total. The van der Waals surface area contributed by atoms with Crippen LogP contribution in [0.3, 0.4) is 0 Å². The van der Waals surface area contributed by atoms with Gasteiger partial charge in [0.1, 0.15) is 17.5 Å². The number of nitrogens with two attached hydrogens (primary N) is 1. The fourth-order valence-corrected chi connectivity index (χ4v) is 4.26. The Hall–Kier alpha value is -1.88. The number of ether oxygens (including phenoxy) is 1. The minimum Gasteiger partial charge on any atom is -0.482 e. The molecule has 0 unspecified atom stereocenters. The fraction of sp³-hybridized carbons (Fsp3) is 0.412. The standard InChI is InChI=1S/C17H20FN5O2S2/c18-11-1-2-12(14(7-11)25-10-26)13-8-20-15-23(13)21-16(27-15)22-5-3-17(19,9-24)4-6-22/h1-2,7-8,24,26H,3-6,9-10,19H2. The second-order valence-corrected chi connectivity index (χ2v) is 7.84. The number of imidazole rings is 1. The summed E-state index contributed by atoms with van der Waals surface area (Å²) in [7, 11) is 0. The third-order valence-corrected chi connectivity index (χ3v) is 5.97. The van der Waals surface area contributed by atoms with Gasteiger partial charge in [-0.15, -0.1) is 17.7 Å². The lowest BCUT2D eigenvalue weighted by Gasteiger charge is -2.37. The summed E-state index contributed by atoms with van der Waals surface area (Å²) in [5, 5.41) is 15.0. The van der Waals surface area contributed by atoms with E-state index < -0.39 is 5.54 Å². The SMILES string of the molecule is NC1(CO)CCN(c2nn3c(-c4ccc(F)cc4OCS)cnc3s2)CC1. The third-order valence-electron chi connectivity index (χ3n) is 4.86. The van der Waals surface area contributed by atoms with Gasteiger partial charge in [0.15, 0.2) is 0 Å². The van der Waals surface area contributed by atoms with Crippen LogP contribution in [0.15, 0.2) is 24.4 Å². The molecule has 0 spiro atoms. The van der Waals surface area contributed by atoms with Crippen LogP contribution in [0.1, 0.15) is 12.8 Å². The van der Waals surface area contributed by atoms with E-state index in [1.165, 1.54) is 23.5 Å². The summed E-state index contributed by atoms with van der Waals surface area (Å²) in [6.45, 7) is 1.45. The Bertz CT molecular complexity index is 952. The lowest BCUT2D eigenvalue weighted by atomic mass is 9.90. The Morgan fingerprint density at radius 1 is 1.37 bits per heavy atom. The van der Waals surface area contributed by atoms with E-state index in [4.69, 9.17) is 15.6 Å². The van der Waals surface area contributed by atoms with Gasteiger partial charge in [0.25, 0.3) is 0 Å². The van der Waals surface area contributed by atoms with E-state index in [1.54, 1.807) is 16.8 Å². The van der Waals surface area contributed by atoms with Crippen molar-refractivity contribution in [1.82, 2.24) is 14.6 Å². The van der Waals surface area contributed by atoms with Crippen molar-refractivity contribution in [2.45, 2.75) is 18.4 Å². The smallest absolute Gasteiger partial charge is 0.214 e. The van der Waals surface area contributed by atoms with Gasteiger partial charge in [-0.25, -0.2) is 13.9 Å². The molecule has 2 aromatic heterocycles. The van der Waals surface area contributed by atoms with E-state index in [0.29, 0.717) is 24.2 Å². The Morgan fingerprint density at radius 2 is 2.15 bits per heavy atom. The van der Waals surface area contributed by atoms with E-state index in [0.717, 1.165) is 28.9 Å². The highest BCUT2D eigenvalue weighted by Gasteiger charge is 2.31. The second kappa shape index (κ2) is 7.27. The molecule has 27 heavy (non-hydrogen) atoms. The molecule has 1 aliphatic heterocycles. The molecule has 144 valence electrons. The van der Waals surface area contributed by atoms with Crippen molar-refractivity contribution < 1.29 is 14.2 Å². The lowest BCUT2D eigenvalue weighted by Crippen LogP contribution is -2.52. The van der Waals surface area contributed by atoms with Gasteiger partial charge in [0.2, 0.25) is 10.1 Å². The van der Waals surface area contributed by atoms with Crippen molar-refractivity contribution in [3.8, 4) is 17.0 Å². The maximum Gasteiger partial charge on any atom is 0.214 e. The summed E-state index contributed by atoms with van der Waals surface area (Å²) < 4.78 is 20.8. The average molecular weight is 410 g/mol. The van der Waals surface area contributed by atoms with Gasteiger partial charge < -0.3 is 20.5 Å². The Balaban J connectivity index is 1.66. The number of fused-ring (bicyclic) bond motifs is 1. The van der Waals surface area contributed by atoms with Gasteiger partial charge in [-0.3, -0.25) is 0 Å². The summed E-state index contributed by atoms with van der Waals surface area (Å²) in [5.74, 6) is 0.160. The van der Waals surface area contributed by atoms with Crippen LogP contribution in [0.2, 0.25) is 0 Å². The number of benzene rings is 1. The number of thiol groups is 1. The quantitative estimate of drug-likeness (QED) is 0.442. The molecule has 3 heterocycles. The van der Waals surface area contributed by atoms with Crippen molar-refractivity contribution in [2.75, 3.05) is 30.5 Å². The molecule has 4 rings (SSSR count). The van der Waals surface area contributed by atoms with Gasteiger partial charge in [0, 0.05) is 30.3 Å². The number of nitrogens with zero attached hydrogens (tertiary/aromatic N) is 4. The number of rotatable bonds is 5. The zero-order chi connectivity index (χ0) is 19.0. The predicted molar refractivity (Wildman–Crippen MR) is 106 cm³/mol. The molecule has 3 aromatic rings. The zero-order valence-electron chi connectivity index (χ0n) is 14.5. The molecule has 1 aliphatic rings. The van der Waals surface area contributed by atoms with Crippen LogP contribution in [0.25, 0.3) is 16.2 Å². The molecule has 0 aliphatic carbocycles. The number of hydrogen-bond donors (Lipinski definition) is 3. The number of aliphatic hydroxyl groups excluding tert-OH is 1. The van der Waals surface area contributed by atoms with Crippen LogP contribution in [-0.2, 0) is 0 Å². The van der Waals surface area contributed by atoms with E-state index >= 15 is 0 Å². The van der Waals surface area contributed by atoms with E-state index in [9.17, 15) is 9.50 Å².